The highest BCUT2D eigenvalue weighted by Gasteiger charge is 2.33. The largest absolute Gasteiger partial charge is 0.314 e. The van der Waals surface area contributed by atoms with Gasteiger partial charge in [0.05, 0.1) is 6.04 Å². The van der Waals surface area contributed by atoms with Crippen molar-refractivity contribution in [2.24, 2.45) is 0 Å². The first-order valence-corrected chi connectivity index (χ1v) is 8.83. The first-order valence-electron chi connectivity index (χ1n) is 8.83. The Kier molecular flexibility index (Phi) is 3.96. The van der Waals surface area contributed by atoms with Crippen LogP contribution in [0.5, 0.6) is 0 Å². The summed E-state index contributed by atoms with van der Waals surface area (Å²) in [6.45, 7) is 5.94. The highest BCUT2D eigenvalue weighted by Crippen LogP contribution is 2.38. The number of rotatable bonds is 4. The first kappa shape index (κ1) is 15.5. The zero-order valence-electron chi connectivity index (χ0n) is 14.3. The van der Waals surface area contributed by atoms with E-state index >= 15 is 0 Å². The molecule has 0 bridgehead atoms. The molecule has 1 saturated carbocycles. The van der Waals surface area contributed by atoms with Gasteiger partial charge in [-0.1, -0.05) is 0 Å². The van der Waals surface area contributed by atoms with Crippen LogP contribution in [-0.4, -0.2) is 42.7 Å². The van der Waals surface area contributed by atoms with Gasteiger partial charge < -0.3 is 9.55 Å². The number of aromatic nitrogens is 5. The molecule has 2 aromatic heterocycles. The third kappa shape index (κ3) is 3.00. The summed E-state index contributed by atoms with van der Waals surface area (Å²) < 4.78 is 2.27. The lowest BCUT2D eigenvalue weighted by Gasteiger charge is -2.36. The fourth-order valence-corrected chi connectivity index (χ4v) is 3.72. The summed E-state index contributed by atoms with van der Waals surface area (Å²) in [4.78, 5) is 21.6. The molecule has 0 spiro atoms. The Morgan fingerprint density at radius 1 is 1.33 bits per heavy atom. The number of H-pyrrole nitrogens is 1. The van der Waals surface area contributed by atoms with Crippen LogP contribution in [-0.2, 0) is 0 Å². The van der Waals surface area contributed by atoms with E-state index < -0.39 is 0 Å². The van der Waals surface area contributed by atoms with E-state index in [-0.39, 0.29) is 11.6 Å². The third-order valence-electron chi connectivity index (χ3n) is 5.19. The van der Waals surface area contributed by atoms with Crippen molar-refractivity contribution in [1.82, 2.24) is 29.6 Å². The van der Waals surface area contributed by atoms with Crippen LogP contribution in [0.1, 0.15) is 68.0 Å². The smallest absolute Gasteiger partial charge is 0.251 e. The van der Waals surface area contributed by atoms with Crippen LogP contribution >= 0.6 is 0 Å². The molecule has 2 fully saturated rings. The lowest BCUT2D eigenvalue weighted by atomic mass is 9.95. The summed E-state index contributed by atoms with van der Waals surface area (Å²) in [5.41, 5.74) is 0.689. The summed E-state index contributed by atoms with van der Waals surface area (Å²) in [7, 11) is 0. The van der Waals surface area contributed by atoms with E-state index in [9.17, 15) is 4.79 Å². The van der Waals surface area contributed by atoms with E-state index in [1.165, 1.54) is 18.9 Å². The van der Waals surface area contributed by atoms with Crippen molar-refractivity contribution in [2.75, 3.05) is 13.1 Å². The molecule has 1 N–H and O–H groups in total. The third-order valence-corrected chi connectivity index (χ3v) is 5.19. The molecule has 7 heteroatoms. The Bertz CT molecular complexity index is 777. The van der Waals surface area contributed by atoms with Gasteiger partial charge in [0.25, 0.3) is 5.56 Å². The van der Waals surface area contributed by atoms with Crippen molar-refractivity contribution in [3.05, 3.63) is 40.1 Å². The molecule has 1 aliphatic carbocycles. The molecule has 24 heavy (non-hydrogen) atoms. The standard InChI is InChI=1S/C17H24N6O/c1-11-8-15(24)20-16(19-11)12(2)22-7-3-4-13(9-22)17-21-18-10-23(17)14-5-6-14/h8,10,12-14H,3-7,9H2,1-2H3,(H,19,20,24)/t12-,13-/m1/s1. The summed E-state index contributed by atoms with van der Waals surface area (Å²) in [5.74, 6) is 2.28. The van der Waals surface area contributed by atoms with Crippen molar-refractivity contribution in [2.45, 2.75) is 57.5 Å². The number of nitrogens with zero attached hydrogens (tertiary/aromatic N) is 5. The van der Waals surface area contributed by atoms with Crippen LogP contribution in [0.4, 0.5) is 0 Å². The van der Waals surface area contributed by atoms with E-state index in [0.29, 0.717) is 12.0 Å². The Balaban J connectivity index is 1.53. The van der Waals surface area contributed by atoms with E-state index in [4.69, 9.17) is 0 Å². The SMILES string of the molecule is Cc1cc(=O)[nH]c([C@@H](C)N2CCC[C@@H](c3nncn3C3CC3)C2)n1. The first-order chi connectivity index (χ1) is 11.6. The quantitative estimate of drug-likeness (QED) is 0.928. The monoisotopic (exact) mass is 328 g/mol. The highest BCUT2D eigenvalue weighted by molar-refractivity contribution is 5.07. The van der Waals surface area contributed by atoms with E-state index in [0.717, 1.165) is 43.3 Å². The van der Waals surface area contributed by atoms with Crippen LogP contribution in [0, 0.1) is 6.92 Å². The molecule has 2 aliphatic rings. The van der Waals surface area contributed by atoms with Crippen molar-refractivity contribution in [3.8, 4) is 0 Å². The number of piperidine rings is 1. The van der Waals surface area contributed by atoms with E-state index in [1.807, 2.05) is 13.3 Å². The molecule has 1 saturated heterocycles. The molecule has 3 heterocycles. The molecule has 4 rings (SSSR count). The molecule has 1 aliphatic heterocycles. The van der Waals surface area contributed by atoms with Gasteiger partial charge in [0, 0.05) is 30.3 Å². The lowest BCUT2D eigenvalue weighted by Crippen LogP contribution is -2.38. The van der Waals surface area contributed by atoms with Crippen molar-refractivity contribution in [3.63, 3.8) is 0 Å². The van der Waals surface area contributed by atoms with Gasteiger partial charge >= 0.3 is 0 Å². The summed E-state index contributed by atoms with van der Waals surface area (Å²) >= 11 is 0. The zero-order valence-corrected chi connectivity index (χ0v) is 14.3. The average Bonchev–Trinajstić information content (AvgIpc) is 3.30. The van der Waals surface area contributed by atoms with Gasteiger partial charge in [0.2, 0.25) is 0 Å². The second-order valence-corrected chi connectivity index (χ2v) is 7.11. The predicted molar refractivity (Wildman–Crippen MR) is 89.9 cm³/mol. The van der Waals surface area contributed by atoms with Gasteiger partial charge in [0.1, 0.15) is 18.0 Å². The number of nitrogens with one attached hydrogen (secondary N) is 1. The molecular weight excluding hydrogens is 304 g/mol. The van der Waals surface area contributed by atoms with Gasteiger partial charge in [-0.05, 0) is 46.1 Å². The van der Waals surface area contributed by atoms with Crippen molar-refractivity contribution >= 4 is 0 Å². The van der Waals surface area contributed by atoms with Crippen LogP contribution in [0.3, 0.4) is 0 Å². The maximum atomic E-state index is 11.7. The molecule has 2 atom stereocenters. The minimum atomic E-state index is -0.0774. The van der Waals surface area contributed by atoms with Gasteiger partial charge in [-0.25, -0.2) is 4.98 Å². The van der Waals surface area contributed by atoms with Crippen LogP contribution in [0.2, 0.25) is 0 Å². The predicted octanol–water partition coefficient (Wildman–Crippen LogP) is 1.95. The number of hydrogen-bond donors (Lipinski definition) is 1. The Morgan fingerprint density at radius 2 is 2.17 bits per heavy atom. The summed E-state index contributed by atoms with van der Waals surface area (Å²) in [6.07, 6.45) is 6.64. The van der Waals surface area contributed by atoms with E-state index in [2.05, 4.69) is 36.6 Å². The number of aryl methyl sites for hydroxylation is 1. The molecule has 128 valence electrons. The topological polar surface area (TPSA) is 79.7 Å². The van der Waals surface area contributed by atoms with Gasteiger partial charge in [0.15, 0.2) is 0 Å². The highest BCUT2D eigenvalue weighted by atomic mass is 16.1. The Hall–Kier alpha value is -2.02. The molecule has 0 unspecified atom stereocenters. The summed E-state index contributed by atoms with van der Waals surface area (Å²) in [5, 5.41) is 8.55. The second kappa shape index (κ2) is 6.12. The molecule has 0 amide bonds. The van der Waals surface area contributed by atoms with Crippen molar-refractivity contribution < 1.29 is 0 Å². The minimum absolute atomic E-state index is 0.0774. The number of likely N-dealkylation sites (tertiary alicyclic amines) is 1. The normalized spacial score (nSPS) is 23.3. The van der Waals surface area contributed by atoms with Gasteiger partial charge in [-0.15, -0.1) is 10.2 Å². The summed E-state index contributed by atoms with van der Waals surface area (Å²) in [6, 6.07) is 2.24. The molecular formula is C17H24N6O. The second-order valence-electron chi connectivity index (χ2n) is 7.11. The Labute approximate surface area is 141 Å². The van der Waals surface area contributed by atoms with Crippen LogP contribution in [0.15, 0.2) is 17.2 Å². The van der Waals surface area contributed by atoms with Gasteiger partial charge in [-0.3, -0.25) is 9.69 Å². The van der Waals surface area contributed by atoms with Crippen LogP contribution < -0.4 is 5.56 Å². The molecule has 0 radical (unpaired) electrons. The van der Waals surface area contributed by atoms with E-state index in [1.54, 1.807) is 0 Å². The van der Waals surface area contributed by atoms with Crippen LogP contribution in [0.25, 0.3) is 0 Å². The molecule has 0 aromatic carbocycles. The van der Waals surface area contributed by atoms with Gasteiger partial charge in [-0.2, -0.15) is 0 Å². The fourth-order valence-electron chi connectivity index (χ4n) is 3.72. The minimum Gasteiger partial charge on any atom is -0.314 e. The lowest BCUT2D eigenvalue weighted by molar-refractivity contribution is 0.148. The van der Waals surface area contributed by atoms with Crippen molar-refractivity contribution in [1.29, 1.82) is 0 Å². The average molecular weight is 328 g/mol. The molecule has 7 nitrogen and oxygen atoms in total. The Morgan fingerprint density at radius 3 is 2.92 bits per heavy atom. The molecule has 2 aromatic rings. The number of aromatic amines is 1. The fraction of sp³-hybridized carbons (Fsp3) is 0.647. The zero-order chi connectivity index (χ0) is 16.7. The number of hydrogen-bond acceptors (Lipinski definition) is 5. The maximum Gasteiger partial charge on any atom is 0.251 e. The maximum absolute atomic E-state index is 11.7.